The van der Waals surface area contributed by atoms with Gasteiger partial charge in [-0.05, 0) is 12.1 Å². The first-order chi connectivity index (χ1) is 7.88. The van der Waals surface area contributed by atoms with Gasteiger partial charge in [-0.1, -0.05) is 12.1 Å². The summed E-state index contributed by atoms with van der Waals surface area (Å²) in [5.74, 6) is 0. The Labute approximate surface area is 97.6 Å². The molecule has 0 spiro atoms. The number of aromatic nitrogens is 2. The second-order valence-electron chi connectivity index (χ2n) is 3.10. The molecule has 2 aromatic rings. The van der Waals surface area contributed by atoms with Crippen molar-refractivity contribution in [2.75, 3.05) is 0 Å². The van der Waals surface area contributed by atoms with Gasteiger partial charge in [0.2, 0.25) is 0 Å². The number of imidazole rings is 1. The van der Waals surface area contributed by atoms with Gasteiger partial charge in [0.05, 0.1) is 11.0 Å². The minimum atomic E-state index is -4.52. The van der Waals surface area contributed by atoms with E-state index < -0.39 is 28.5 Å². The number of hydrogen-bond donors (Lipinski definition) is 1. The lowest BCUT2D eigenvalue weighted by Gasteiger charge is -2.05. The predicted molar refractivity (Wildman–Crippen MR) is 56.6 cm³/mol. The van der Waals surface area contributed by atoms with E-state index >= 15 is 0 Å². The maximum atomic E-state index is 12.3. The van der Waals surface area contributed by atoms with Crippen LogP contribution >= 0.6 is 11.8 Å². The Kier molecular flexibility index (Phi) is 2.74. The minimum absolute atomic E-state index is 0.256. The average Bonchev–Trinajstić information content (AvgIpc) is 2.51. The van der Waals surface area contributed by atoms with Gasteiger partial charge in [0, 0.05) is 11.8 Å². The summed E-state index contributed by atoms with van der Waals surface area (Å²) in [7, 11) is 0. The van der Waals surface area contributed by atoms with Crippen LogP contribution in [0.15, 0.2) is 29.4 Å². The van der Waals surface area contributed by atoms with Crippen molar-refractivity contribution in [1.29, 1.82) is 0 Å². The molecular weight excluding hydrogens is 255 g/mol. The summed E-state index contributed by atoms with van der Waals surface area (Å²) in [6, 6.07) is 5.20. The van der Waals surface area contributed by atoms with Crippen molar-refractivity contribution in [2.45, 2.75) is 10.7 Å². The Hall–Kier alpha value is -1.70. The zero-order chi connectivity index (χ0) is 12.6. The Bertz CT molecular complexity index is 578. The van der Waals surface area contributed by atoms with Gasteiger partial charge in [-0.3, -0.25) is 0 Å². The average molecular weight is 261 g/mol. The normalized spacial score (nSPS) is 11.9. The van der Waals surface area contributed by atoms with Gasteiger partial charge in [-0.2, -0.15) is 13.2 Å². The van der Waals surface area contributed by atoms with Crippen LogP contribution in [0.1, 0.15) is 0 Å². The molecule has 0 fully saturated rings. The molecule has 1 aromatic carbocycles. The van der Waals surface area contributed by atoms with E-state index in [4.69, 9.17) is 5.73 Å². The molecule has 2 rings (SSSR count). The number of fused-ring (bicyclic) bond motifs is 1. The summed E-state index contributed by atoms with van der Waals surface area (Å²) in [5, 5.41) is -0.480. The number of halogens is 3. The van der Waals surface area contributed by atoms with Crippen molar-refractivity contribution < 1.29 is 18.0 Å². The van der Waals surface area contributed by atoms with Crippen LogP contribution in [0.2, 0.25) is 0 Å². The van der Waals surface area contributed by atoms with Crippen molar-refractivity contribution in [1.82, 2.24) is 9.55 Å². The van der Waals surface area contributed by atoms with Gasteiger partial charge >= 0.3 is 11.5 Å². The minimum Gasteiger partial charge on any atom is -0.351 e. The fourth-order valence-corrected chi connectivity index (χ4v) is 2.02. The van der Waals surface area contributed by atoms with E-state index in [0.717, 1.165) is 4.57 Å². The van der Waals surface area contributed by atoms with Crippen LogP contribution < -0.4 is 5.73 Å². The smallest absolute Gasteiger partial charge is 0.351 e. The number of thioether (sulfide) groups is 1. The van der Waals surface area contributed by atoms with Crippen LogP contribution in [-0.4, -0.2) is 21.1 Å². The number of benzene rings is 1. The van der Waals surface area contributed by atoms with Crippen molar-refractivity contribution >= 4 is 28.8 Å². The monoisotopic (exact) mass is 261 g/mol. The molecule has 2 N–H and O–H groups in total. The lowest BCUT2D eigenvalue weighted by molar-refractivity contribution is -0.0331. The first-order valence-electron chi connectivity index (χ1n) is 4.41. The maximum Gasteiger partial charge on any atom is 0.449 e. The number of carbonyl (C=O) groups is 1. The van der Waals surface area contributed by atoms with Crippen LogP contribution in [0.25, 0.3) is 11.0 Å². The highest BCUT2D eigenvalue weighted by Gasteiger charge is 2.33. The molecule has 17 heavy (non-hydrogen) atoms. The summed E-state index contributed by atoms with van der Waals surface area (Å²) in [5.41, 5.74) is 1.07. The standard InChI is InChI=1S/C9H6F3N3OS/c10-9(11,12)17-8-14-5-3-1-2-4-6(5)15(8)7(13)16/h1-4H,(H2,13,16). The van der Waals surface area contributed by atoms with Crippen LogP contribution in [0.5, 0.6) is 0 Å². The molecule has 4 nitrogen and oxygen atoms in total. The molecule has 0 bridgehead atoms. The number of nitrogens with two attached hydrogens (primary N) is 1. The first kappa shape index (κ1) is 11.8. The van der Waals surface area contributed by atoms with E-state index in [1.54, 1.807) is 12.1 Å². The number of hydrogen-bond acceptors (Lipinski definition) is 3. The number of amides is 1. The van der Waals surface area contributed by atoms with Gasteiger partial charge in [0.25, 0.3) is 0 Å². The first-order valence-corrected chi connectivity index (χ1v) is 5.23. The fraction of sp³-hybridized carbons (Fsp3) is 0.111. The van der Waals surface area contributed by atoms with E-state index in [0.29, 0.717) is 0 Å². The number of para-hydroxylation sites is 2. The van der Waals surface area contributed by atoms with Crippen molar-refractivity contribution in [3.8, 4) is 0 Å². The molecule has 0 radical (unpaired) electrons. The topological polar surface area (TPSA) is 60.9 Å². The summed E-state index contributed by atoms with van der Waals surface area (Å²) >= 11 is -0.468. The third-order valence-corrected chi connectivity index (χ3v) is 2.65. The lowest BCUT2D eigenvalue weighted by atomic mass is 10.3. The summed E-state index contributed by atoms with van der Waals surface area (Å²) < 4.78 is 37.6. The second kappa shape index (κ2) is 3.95. The Morgan fingerprint density at radius 2 is 2.00 bits per heavy atom. The van der Waals surface area contributed by atoms with Gasteiger partial charge in [-0.25, -0.2) is 14.3 Å². The molecule has 0 aliphatic carbocycles. The third kappa shape index (κ3) is 2.36. The Balaban J connectivity index is 2.62. The zero-order valence-corrected chi connectivity index (χ0v) is 9.05. The van der Waals surface area contributed by atoms with E-state index in [-0.39, 0.29) is 11.0 Å². The zero-order valence-electron chi connectivity index (χ0n) is 8.23. The quantitative estimate of drug-likeness (QED) is 0.802. The highest BCUT2D eigenvalue weighted by atomic mass is 32.2. The molecule has 0 unspecified atom stereocenters. The van der Waals surface area contributed by atoms with E-state index in [1.807, 2.05) is 0 Å². The third-order valence-electron chi connectivity index (χ3n) is 1.96. The molecule has 1 aromatic heterocycles. The van der Waals surface area contributed by atoms with Gasteiger partial charge in [-0.15, -0.1) is 0 Å². The van der Waals surface area contributed by atoms with E-state index in [2.05, 4.69) is 4.98 Å². The summed E-state index contributed by atoms with van der Waals surface area (Å²) in [6.45, 7) is 0. The summed E-state index contributed by atoms with van der Waals surface area (Å²) in [6.07, 6.45) is 0. The molecule has 1 heterocycles. The van der Waals surface area contributed by atoms with Crippen LogP contribution in [0.4, 0.5) is 18.0 Å². The molecule has 0 aliphatic rings. The molecular formula is C9H6F3N3OS. The van der Waals surface area contributed by atoms with Crippen molar-refractivity contribution in [2.24, 2.45) is 5.73 Å². The molecule has 8 heteroatoms. The largest absolute Gasteiger partial charge is 0.449 e. The maximum absolute atomic E-state index is 12.3. The Morgan fingerprint density at radius 3 is 2.59 bits per heavy atom. The molecule has 90 valence electrons. The van der Waals surface area contributed by atoms with Crippen molar-refractivity contribution in [3.63, 3.8) is 0 Å². The SMILES string of the molecule is NC(=O)n1c(SC(F)(F)F)nc2ccccc21. The fourth-order valence-electron chi connectivity index (χ4n) is 1.39. The van der Waals surface area contributed by atoms with Gasteiger partial charge in [0.1, 0.15) is 0 Å². The summed E-state index contributed by atoms with van der Waals surface area (Å²) in [4.78, 5) is 14.9. The molecule has 0 aliphatic heterocycles. The van der Waals surface area contributed by atoms with Crippen LogP contribution in [-0.2, 0) is 0 Å². The molecule has 0 atom stereocenters. The number of carbonyl (C=O) groups excluding carboxylic acids is 1. The lowest BCUT2D eigenvalue weighted by Crippen LogP contribution is -2.21. The van der Waals surface area contributed by atoms with E-state index in [1.165, 1.54) is 12.1 Å². The highest BCUT2D eigenvalue weighted by molar-refractivity contribution is 8.00. The molecule has 1 amide bonds. The van der Waals surface area contributed by atoms with Crippen LogP contribution in [0, 0.1) is 0 Å². The highest BCUT2D eigenvalue weighted by Crippen LogP contribution is 2.37. The molecule has 0 saturated carbocycles. The Morgan fingerprint density at radius 1 is 1.35 bits per heavy atom. The number of nitrogens with zero attached hydrogens (tertiary/aromatic N) is 2. The predicted octanol–water partition coefficient (Wildman–Crippen LogP) is 2.58. The molecule has 0 saturated heterocycles. The van der Waals surface area contributed by atoms with Gasteiger partial charge in [0.15, 0.2) is 5.16 Å². The van der Waals surface area contributed by atoms with Crippen LogP contribution in [0.3, 0.4) is 0 Å². The van der Waals surface area contributed by atoms with Gasteiger partial charge < -0.3 is 5.73 Å². The number of alkyl halides is 3. The number of rotatable bonds is 1. The second-order valence-corrected chi connectivity index (χ2v) is 4.14. The van der Waals surface area contributed by atoms with E-state index in [9.17, 15) is 18.0 Å². The van der Waals surface area contributed by atoms with Crippen molar-refractivity contribution in [3.05, 3.63) is 24.3 Å². The number of primary amides is 1.